The molecule has 1 aliphatic heterocycles. The Bertz CT molecular complexity index is 314. The Morgan fingerprint density at radius 1 is 1.17 bits per heavy atom. The van der Waals surface area contributed by atoms with Gasteiger partial charge >= 0.3 is 5.97 Å². The monoisotopic (exact) mass is 253 g/mol. The third-order valence-corrected chi connectivity index (χ3v) is 4.82. The van der Waals surface area contributed by atoms with Gasteiger partial charge in [-0.1, -0.05) is 20.8 Å². The Morgan fingerprint density at radius 3 is 2.50 bits per heavy atom. The van der Waals surface area contributed by atoms with Crippen molar-refractivity contribution in [1.29, 1.82) is 0 Å². The SMILES string of the molecule is CC1CC(C2CNCC(C(=O)O)C2)CC(C)(C)C1. The maximum Gasteiger partial charge on any atom is 0.307 e. The molecule has 1 heterocycles. The molecule has 0 amide bonds. The summed E-state index contributed by atoms with van der Waals surface area (Å²) >= 11 is 0. The van der Waals surface area contributed by atoms with Gasteiger partial charge in [-0.05, 0) is 55.4 Å². The van der Waals surface area contributed by atoms with Gasteiger partial charge < -0.3 is 10.4 Å². The van der Waals surface area contributed by atoms with Crippen molar-refractivity contribution in [2.24, 2.45) is 29.1 Å². The van der Waals surface area contributed by atoms with Crippen molar-refractivity contribution in [3.8, 4) is 0 Å². The normalized spacial score (nSPS) is 40.4. The molecule has 4 atom stereocenters. The zero-order valence-electron chi connectivity index (χ0n) is 11.9. The Morgan fingerprint density at radius 2 is 1.89 bits per heavy atom. The molecule has 1 aliphatic carbocycles. The molecule has 4 unspecified atom stereocenters. The van der Waals surface area contributed by atoms with E-state index >= 15 is 0 Å². The highest BCUT2D eigenvalue weighted by Crippen LogP contribution is 2.45. The first-order chi connectivity index (χ1) is 8.37. The molecule has 3 nitrogen and oxygen atoms in total. The van der Waals surface area contributed by atoms with Crippen LogP contribution in [0.1, 0.15) is 46.5 Å². The lowest BCUT2D eigenvalue weighted by Crippen LogP contribution is -2.44. The lowest BCUT2D eigenvalue weighted by Gasteiger charge is -2.44. The van der Waals surface area contributed by atoms with E-state index < -0.39 is 5.97 Å². The maximum atomic E-state index is 11.1. The number of piperidine rings is 1. The first-order valence-corrected chi connectivity index (χ1v) is 7.31. The zero-order chi connectivity index (χ0) is 13.3. The molecule has 2 fully saturated rings. The van der Waals surface area contributed by atoms with Gasteiger partial charge in [0.15, 0.2) is 0 Å². The quantitative estimate of drug-likeness (QED) is 0.795. The van der Waals surface area contributed by atoms with Crippen molar-refractivity contribution in [3.05, 3.63) is 0 Å². The van der Waals surface area contributed by atoms with Crippen molar-refractivity contribution in [2.75, 3.05) is 13.1 Å². The van der Waals surface area contributed by atoms with Gasteiger partial charge in [0.05, 0.1) is 5.92 Å². The van der Waals surface area contributed by atoms with Crippen LogP contribution < -0.4 is 5.32 Å². The molecule has 2 N–H and O–H groups in total. The number of aliphatic carboxylic acids is 1. The lowest BCUT2D eigenvalue weighted by atomic mass is 9.63. The molecule has 1 saturated carbocycles. The number of hydrogen-bond acceptors (Lipinski definition) is 2. The summed E-state index contributed by atoms with van der Waals surface area (Å²) in [7, 11) is 0. The predicted octanol–water partition coefficient (Wildman–Crippen LogP) is 2.76. The van der Waals surface area contributed by atoms with Crippen molar-refractivity contribution < 1.29 is 9.90 Å². The van der Waals surface area contributed by atoms with Crippen LogP contribution in [0.15, 0.2) is 0 Å². The van der Waals surface area contributed by atoms with Crippen LogP contribution in [-0.4, -0.2) is 24.2 Å². The minimum Gasteiger partial charge on any atom is -0.481 e. The molecule has 2 aliphatic rings. The highest BCUT2D eigenvalue weighted by molar-refractivity contribution is 5.70. The van der Waals surface area contributed by atoms with Crippen LogP contribution in [-0.2, 0) is 4.79 Å². The van der Waals surface area contributed by atoms with Gasteiger partial charge in [-0.2, -0.15) is 0 Å². The summed E-state index contributed by atoms with van der Waals surface area (Å²) in [6.07, 6.45) is 4.72. The third kappa shape index (κ3) is 3.25. The van der Waals surface area contributed by atoms with Gasteiger partial charge in [0.25, 0.3) is 0 Å². The Balaban J connectivity index is 2.00. The van der Waals surface area contributed by atoms with E-state index in [-0.39, 0.29) is 5.92 Å². The largest absolute Gasteiger partial charge is 0.481 e. The molecule has 0 aromatic carbocycles. The fraction of sp³-hybridized carbons (Fsp3) is 0.933. The van der Waals surface area contributed by atoms with Crippen molar-refractivity contribution in [2.45, 2.75) is 46.5 Å². The second kappa shape index (κ2) is 5.20. The van der Waals surface area contributed by atoms with Crippen LogP contribution >= 0.6 is 0 Å². The number of nitrogens with one attached hydrogen (secondary N) is 1. The van der Waals surface area contributed by atoms with Gasteiger partial charge in [-0.25, -0.2) is 0 Å². The fourth-order valence-corrected chi connectivity index (χ4v) is 4.30. The molecule has 0 aromatic heterocycles. The van der Waals surface area contributed by atoms with E-state index in [1.54, 1.807) is 0 Å². The molecule has 18 heavy (non-hydrogen) atoms. The molecule has 104 valence electrons. The van der Waals surface area contributed by atoms with Gasteiger partial charge in [0.1, 0.15) is 0 Å². The molecule has 0 bridgehead atoms. The molecule has 0 spiro atoms. The molecule has 1 saturated heterocycles. The summed E-state index contributed by atoms with van der Waals surface area (Å²) in [6, 6.07) is 0. The standard InChI is InChI=1S/C15H27NO2/c1-10-4-11(7-15(2,3)6-10)12-5-13(14(17)18)9-16-8-12/h10-13,16H,4-9H2,1-3H3,(H,17,18). The summed E-state index contributed by atoms with van der Waals surface area (Å²) in [6.45, 7) is 8.73. The van der Waals surface area contributed by atoms with E-state index in [9.17, 15) is 4.79 Å². The fourth-order valence-electron chi connectivity index (χ4n) is 4.30. The number of hydrogen-bond donors (Lipinski definition) is 2. The van der Waals surface area contributed by atoms with Gasteiger partial charge in [0.2, 0.25) is 0 Å². The van der Waals surface area contributed by atoms with Crippen LogP contribution in [0.4, 0.5) is 0 Å². The van der Waals surface area contributed by atoms with Crippen LogP contribution in [0, 0.1) is 29.1 Å². The summed E-state index contributed by atoms with van der Waals surface area (Å²) < 4.78 is 0. The first kappa shape index (κ1) is 13.9. The van der Waals surface area contributed by atoms with Crippen LogP contribution in [0.2, 0.25) is 0 Å². The predicted molar refractivity (Wildman–Crippen MR) is 72.4 cm³/mol. The second-order valence-electron chi connectivity index (χ2n) is 7.36. The van der Waals surface area contributed by atoms with Crippen LogP contribution in [0.3, 0.4) is 0 Å². The van der Waals surface area contributed by atoms with Gasteiger partial charge in [-0.15, -0.1) is 0 Å². The van der Waals surface area contributed by atoms with E-state index in [1.807, 2.05) is 0 Å². The summed E-state index contributed by atoms with van der Waals surface area (Å²) in [5.41, 5.74) is 0.429. The molecule has 2 rings (SSSR count). The second-order valence-corrected chi connectivity index (χ2v) is 7.36. The van der Waals surface area contributed by atoms with Gasteiger partial charge in [-0.3, -0.25) is 4.79 Å². The van der Waals surface area contributed by atoms with Crippen LogP contribution in [0.5, 0.6) is 0 Å². The van der Waals surface area contributed by atoms with E-state index in [0.29, 0.717) is 23.8 Å². The topological polar surface area (TPSA) is 49.3 Å². The summed E-state index contributed by atoms with van der Waals surface area (Å²) in [5.74, 6) is 1.24. The number of rotatable bonds is 2. The minimum absolute atomic E-state index is 0.177. The van der Waals surface area contributed by atoms with E-state index in [0.717, 1.165) is 18.9 Å². The van der Waals surface area contributed by atoms with E-state index in [1.165, 1.54) is 19.3 Å². The van der Waals surface area contributed by atoms with Crippen molar-refractivity contribution in [1.82, 2.24) is 5.32 Å². The smallest absolute Gasteiger partial charge is 0.307 e. The molecular weight excluding hydrogens is 226 g/mol. The first-order valence-electron chi connectivity index (χ1n) is 7.31. The molecule has 0 radical (unpaired) electrons. The summed E-state index contributed by atoms with van der Waals surface area (Å²) in [4.78, 5) is 11.1. The van der Waals surface area contributed by atoms with Gasteiger partial charge in [0, 0.05) is 6.54 Å². The third-order valence-electron chi connectivity index (χ3n) is 4.82. The number of carboxylic acids is 1. The number of carboxylic acid groups (broad SMARTS) is 1. The number of carbonyl (C=O) groups is 1. The Kier molecular flexibility index (Phi) is 4.00. The summed E-state index contributed by atoms with van der Waals surface area (Å²) in [5, 5.41) is 12.5. The van der Waals surface area contributed by atoms with Crippen molar-refractivity contribution in [3.63, 3.8) is 0 Å². The van der Waals surface area contributed by atoms with E-state index in [2.05, 4.69) is 26.1 Å². The molecule has 3 heteroatoms. The molecule has 0 aromatic rings. The van der Waals surface area contributed by atoms with E-state index in [4.69, 9.17) is 5.11 Å². The zero-order valence-corrected chi connectivity index (χ0v) is 11.9. The van der Waals surface area contributed by atoms with Crippen LogP contribution in [0.25, 0.3) is 0 Å². The van der Waals surface area contributed by atoms with Crippen molar-refractivity contribution >= 4 is 5.97 Å². The minimum atomic E-state index is -0.629. The average Bonchev–Trinajstić information content (AvgIpc) is 2.26. The molecular formula is C15H27NO2. The Hall–Kier alpha value is -0.570. The maximum absolute atomic E-state index is 11.1. The highest BCUT2D eigenvalue weighted by Gasteiger charge is 2.38. The Labute approximate surface area is 110 Å². The highest BCUT2D eigenvalue weighted by atomic mass is 16.4. The average molecular weight is 253 g/mol. The lowest BCUT2D eigenvalue weighted by molar-refractivity contribution is -0.143.